The van der Waals surface area contributed by atoms with Gasteiger partial charge in [0.15, 0.2) is 5.65 Å². The molecule has 4 rings (SSSR count). The first-order valence-corrected chi connectivity index (χ1v) is 11.8. The standard InChI is InChI=1S/C25H30N4O5/c1-4-6-12-34-20-10-9-16(33-3)13-19(20)27-23(30)17-14-18(15-7-8-15)26-22-21(17)24(31)28-25(32)29(22)11-5-2/h9-10,13-15H,4-8,11-12H2,1-3H3,(H,27,30)(H,28,31,32). The van der Waals surface area contributed by atoms with Crippen LogP contribution in [0.5, 0.6) is 11.5 Å². The number of anilines is 1. The number of ether oxygens (including phenoxy) is 2. The number of methoxy groups -OCH3 is 1. The van der Waals surface area contributed by atoms with E-state index in [9.17, 15) is 14.4 Å². The Morgan fingerprint density at radius 1 is 1.21 bits per heavy atom. The van der Waals surface area contributed by atoms with E-state index in [1.165, 1.54) is 4.57 Å². The van der Waals surface area contributed by atoms with Crippen molar-refractivity contribution in [3.8, 4) is 11.5 Å². The number of nitrogens with one attached hydrogen (secondary N) is 2. The first-order chi connectivity index (χ1) is 16.5. The molecule has 3 aromatic rings. The second-order valence-corrected chi connectivity index (χ2v) is 8.50. The van der Waals surface area contributed by atoms with Crippen LogP contribution in [0.15, 0.2) is 33.9 Å². The molecule has 1 aliphatic carbocycles. The van der Waals surface area contributed by atoms with Crippen molar-refractivity contribution in [2.75, 3.05) is 19.0 Å². The van der Waals surface area contributed by atoms with E-state index < -0.39 is 17.2 Å². The van der Waals surface area contributed by atoms with E-state index in [1.54, 1.807) is 31.4 Å². The fourth-order valence-electron chi connectivity index (χ4n) is 3.87. The SMILES string of the molecule is CCCCOc1ccc(OC)cc1NC(=O)c1cc(C2CC2)nc2c1c(=O)[nH]c(=O)n2CCC. The molecule has 0 bridgehead atoms. The number of rotatable bonds is 10. The third kappa shape index (κ3) is 4.83. The second-order valence-electron chi connectivity index (χ2n) is 8.50. The van der Waals surface area contributed by atoms with Gasteiger partial charge in [-0.15, -0.1) is 0 Å². The minimum Gasteiger partial charge on any atom is -0.497 e. The van der Waals surface area contributed by atoms with Crippen molar-refractivity contribution >= 4 is 22.6 Å². The van der Waals surface area contributed by atoms with E-state index in [0.717, 1.165) is 31.4 Å². The molecule has 1 aromatic carbocycles. The van der Waals surface area contributed by atoms with E-state index in [1.807, 2.05) is 6.92 Å². The first-order valence-electron chi connectivity index (χ1n) is 11.8. The summed E-state index contributed by atoms with van der Waals surface area (Å²) >= 11 is 0. The smallest absolute Gasteiger partial charge is 0.329 e. The van der Waals surface area contributed by atoms with Gasteiger partial charge in [0.2, 0.25) is 0 Å². The number of pyridine rings is 1. The van der Waals surface area contributed by atoms with Crippen LogP contribution in [-0.4, -0.2) is 34.2 Å². The summed E-state index contributed by atoms with van der Waals surface area (Å²) in [5.41, 5.74) is 0.438. The summed E-state index contributed by atoms with van der Waals surface area (Å²) < 4.78 is 12.6. The Labute approximate surface area is 197 Å². The highest BCUT2D eigenvalue weighted by atomic mass is 16.5. The number of amides is 1. The van der Waals surface area contributed by atoms with Crippen LogP contribution in [0.25, 0.3) is 11.0 Å². The topological polar surface area (TPSA) is 115 Å². The fourth-order valence-corrected chi connectivity index (χ4v) is 3.87. The Morgan fingerprint density at radius 3 is 2.68 bits per heavy atom. The van der Waals surface area contributed by atoms with E-state index in [0.29, 0.717) is 36.8 Å². The molecule has 2 heterocycles. The van der Waals surface area contributed by atoms with E-state index in [-0.39, 0.29) is 22.5 Å². The molecule has 9 heteroatoms. The van der Waals surface area contributed by atoms with Crippen LogP contribution in [-0.2, 0) is 6.54 Å². The van der Waals surface area contributed by atoms with Crippen molar-refractivity contribution in [1.29, 1.82) is 0 Å². The molecule has 34 heavy (non-hydrogen) atoms. The van der Waals surface area contributed by atoms with E-state index in [4.69, 9.17) is 9.47 Å². The normalized spacial score (nSPS) is 13.1. The molecule has 1 fully saturated rings. The van der Waals surface area contributed by atoms with Crippen LogP contribution in [0.3, 0.4) is 0 Å². The van der Waals surface area contributed by atoms with Gasteiger partial charge in [0.1, 0.15) is 11.5 Å². The van der Waals surface area contributed by atoms with Gasteiger partial charge in [-0.2, -0.15) is 0 Å². The van der Waals surface area contributed by atoms with Gasteiger partial charge in [0, 0.05) is 24.2 Å². The number of unbranched alkanes of at least 4 members (excludes halogenated alkanes) is 1. The number of fused-ring (bicyclic) bond motifs is 1. The van der Waals surface area contributed by atoms with Gasteiger partial charge in [0.05, 0.1) is 30.4 Å². The number of H-pyrrole nitrogens is 1. The number of carbonyl (C=O) groups is 1. The number of hydrogen-bond acceptors (Lipinski definition) is 6. The zero-order valence-corrected chi connectivity index (χ0v) is 19.8. The number of hydrogen-bond donors (Lipinski definition) is 2. The van der Waals surface area contributed by atoms with E-state index in [2.05, 4.69) is 22.2 Å². The number of carbonyl (C=O) groups excluding carboxylic acids is 1. The maximum absolute atomic E-state index is 13.5. The quantitative estimate of drug-likeness (QED) is 0.439. The van der Waals surface area contributed by atoms with Gasteiger partial charge in [-0.25, -0.2) is 9.78 Å². The van der Waals surface area contributed by atoms with Gasteiger partial charge in [-0.1, -0.05) is 20.3 Å². The molecule has 2 N–H and O–H groups in total. The average molecular weight is 467 g/mol. The zero-order chi connectivity index (χ0) is 24.2. The maximum atomic E-state index is 13.5. The lowest BCUT2D eigenvalue weighted by atomic mass is 10.1. The molecule has 0 spiro atoms. The molecule has 1 amide bonds. The second kappa shape index (κ2) is 10.1. The summed E-state index contributed by atoms with van der Waals surface area (Å²) in [5.74, 6) is 0.825. The lowest BCUT2D eigenvalue weighted by molar-refractivity contribution is 0.102. The van der Waals surface area contributed by atoms with Crippen LogP contribution in [0, 0.1) is 0 Å². The zero-order valence-electron chi connectivity index (χ0n) is 19.8. The monoisotopic (exact) mass is 466 g/mol. The molecule has 9 nitrogen and oxygen atoms in total. The Morgan fingerprint density at radius 2 is 2.00 bits per heavy atom. The molecule has 1 saturated carbocycles. The third-order valence-electron chi connectivity index (χ3n) is 5.85. The average Bonchev–Trinajstić information content (AvgIpc) is 3.67. The van der Waals surface area contributed by atoms with Crippen molar-refractivity contribution in [1.82, 2.24) is 14.5 Å². The van der Waals surface area contributed by atoms with Crippen LogP contribution in [0.4, 0.5) is 5.69 Å². The summed E-state index contributed by atoms with van der Waals surface area (Å²) in [7, 11) is 1.55. The summed E-state index contributed by atoms with van der Waals surface area (Å²) in [4.78, 5) is 45.8. The fraction of sp³-hybridized carbons (Fsp3) is 0.440. The van der Waals surface area contributed by atoms with Crippen LogP contribution < -0.4 is 26.0 Å². The Balaban J connectivity index is 1.81. The van der Waals surface area contributed by atoms with Crippen LogP contribution in [0.2, 0.25) is 0 Å². The molecule has 180 valence electrons. The molecular weight excluding hydrogens is 436 g/mol. The molecular formula is C25H30N4O5. The molecule has 0 saturated heterocycles. The summed E-state index contributed by atoms with van der Waals surface area (Å²) in [6.07, 6.45) is 4.47. The van der Waals surface area contributed by atoms with Crippen LogP contribution >= 0.6 is 0 Å². The van der Waals surface area contributed by atoms with Crippen molar-refractivity contribution in [2.45, 2.75) is 58.4 Å². The van der Waals surface area contributed by atoms with Gasteiger partial charge in [-0.3, -0.25) is 19.1 Å². The Bertz CT molecular complexity index is 1320. The Kier molecular flexibility index (Phi) is 7.00. The third-order valence-corrected chi connectivity index (χ3v) is 5.85. The number of nitrogens with zero attached hydrogens (tertiary/aromatic N) is 2. The van der Waals surface area contributed by atoms with Gasteiger partial charge in [0.25, 0.3) is 11.5 Å². The van der Waals surface area contributed by atoms with Gasteiger partial charge in [-0.05, 0) is 43.9 Å². The summed E-state index contributed by atoms with van der Waals surface area (Å²) in [6.45, 7) is 4.91. The predicted octanol–water partition coefficient (Wildman–Crippen LogP) is 3.81. The largest absolute Gasteiger partial charge is 0.497 e. The highest BCUT2D eigenvalue weighted by Crippen LogP contribution is 2.40. The number of aromatic nitrogens is 3. The van der Waals surface area contributed by atoms with Gasteiger partial charge < -0.3 is 14.8 Å². The number of aryl methyl sites for hydroxylation is 1. The van der Waals surface area contributed by atoms with Crippen molar-refractivity contribution in [2.24, 2.45) is 0 Å². The molecule has 0 radical (unpaired) electrons. The number of benzene rings is 1. The van der Waals surface area contributed by atoms with Gasteiger partial charge >= 0.3 is 5.69 Å². The van der Waals surface area contributed by atoms with Crippen molar-refractivity contribution in [3.05, 3.63) is 56.4 Å². The lowest BCUT2D eigenvalue weighted by Crippen LogP contribution is -2.32. The van der Waals surface area contributed by atoms with E-state index >= 15 is 0 Å². The molecule has 0 atom stereocenters. The van der Waals surface area contributed by atoms with Crippen LogP contribution in [0.1, 0.15) is 67.9 Å². The van der Waals surface area contributed by atoms with Crippen molar-refractivity contribution < 1.29 is 14.3 Å². The predicted molar refractivity (Wildman–Crippen MR) is 130 cm³/mol. The summed E-state index contributed by atoms with van der Waals surface area (Å²) in [6, 6.07) is 6.86. The minimum absolute atomic E-state index is 0.103. The molecule has 0 aliphatic heterocycles. The molecule has 2 aromatic heterocycles. The highest BCUT2D eigenvalue weighted by molar-refractivity contribution is 6.12. The Hall–Kier alpha value is -3.62. The lowest BCUT2D eigenvalue weighted by Gasteiger charge is -2.16. The highest BCUT2D eigenvalue weighted by Gasteiger charge is 2.29. The molecule has 0 unspecified atom stereocenters. The number of aromatic amines is 1. The maximum Gasteiger partial charge on any atom is 0.329 e. The minimum atomic E-state index is -0.627. The molecule has 1 aliphatic rings. The first kappa shape index (κ1) is 23.5. The van der Waals surface area contributed by atoms with Crippen molar-refractivity contribution in [3.63, 3.8) is 0 Å². The summed E-state index contributed by atoms with van der Waals surface area (Å²) in [5, 5.41) is 2.99.